The van der Waals surface area contributed by atoms with Crippen LogP contribution in [0.15, 0.2) is 54.6 Å². The molecule has 0 bridgehead atoms. The molecule has 0 radical (unpaired) electrons. The lowest BCUT2D eigenvalue weighted by Gasteiger charge is -2.17. The number of aryl methyl sites for hydroxylation is 1. The van der Waals surface area contributed by atoms with Crippen molar-refractivity contribution in [3.05, 3.63) is 65.7 Å². The Kier molecular flexibility index (Phi) is 6.26. The quantitative estimate of drug-likeness (QED) is 0.716. The minimum atomic E-state index is -0.221. The topological polar surface area (TPSA) is 62.4 Å². The van der Waals surface area contributed by atoms with Crippen LogP contribution >= 0.6 is 0 Å². The number of hydrogen-bond acceptors (Lipinski definition) is 4. The molecular weight excluding hydrogens is 326 g/mol. The van der Waals surface area contributed by atoms with E-state index in [2.05, 4.69) is 35.2 Å². The van der Waals surface area contributed by atoms with Crippen LogP contribution in [-0.4, -0.2) is 25.1 Å². The number of ether oxygens (including phenoxy) is 1. The largest absolute Gasteiger partial charge is 0.497 e. The molecule has 5 heteroatoms. The fourth-order valence-electron chi connectivity index (χ4n) is 3.23. The SMILES string of the molecule is COc1ccc(C2CC(C(=O)NC(C)CCc3ccccc3)NN2)cc1. The molecule has 3 rings (SSSR count). The molecule has 1 aliphatic heterocycles. The number of nitrogens with one attached hydrogen (secondary N) is 3. The first-order valence-electron chi connectivity index (χ1n) is 9.15. The number of hydrogen-bond donors (Lipinski definition) is 3. The lowest BCUT2D eigenvalue weighted by Crippen LogP contribution is -2.46. The molecule has 1 aliphatic rings. The van der Waals surface area contributed by atoms with Gasteiger partial charge >= 0.3 is 0 Å². The van der Waals surface area contributed by atoms with E-state index in [0.717, 1.165) is 30.6 Å². The highest BCUT2D eigenvalue weighted by molar-refractivity contribution is 5.82. The first kappa shape index (κ1) is 18.4. The fourth-order valence-corrected chi connectivity index (χ4v) is 3.23. The van der Waals surface area contributed by atoms with Gasteiger partial charge in [0, 0.05) is 12.1 Å². The van der Waals surface area contributed by atoms with Gasteiger partial charge in [0.2, 0.25) is 5.91 Å². The van der Waals surface area contributed by atoms with Gasteiger partial charge in [0.1, 0.15) is 11.8 Å². The summed E-state index contributed by atoms with van der Waals surface area (Å²) in [5.74, 6) is 0.885. The third-order valence-electron chi connectivity index (χ3n) is 4.84. The highest BCUT2D eigenvalue weighted by atomic mass is 16.5. The molecule has 0 aromatic heterocycles. The van der Waals surface area contributed by atoms with E-state index in [1.807, 2.05) is 42.5 Å². The van der Waals surface area contributed by atoms with Gasteiger partial charge in [0.05, 0.1) is 7.11 Å². The van der Waals surface area contributed by atoms with Crippen molar-refractivity contribution in [2.75, 3.05) is 7.11 Å². The lowest BCUT2D eigenvalue weighted by molar-refractivity contribution is -0.123. The summed E-state index contributed by atoms with van der Waals surface area (Å²) in [5, 5.41) is 3.12. The second-order valence-corrected chi connectivity index (χ2v) is 6.84. The lowest BCUT2D eigenvalue weighted by atomic mass is 10.0. The predicted octanol–water partition coefficient (Wildman–Crippen LogP) is 2.74. The molecule has 1 amide bonds. The van der Waals surface area contributed by atoms with Crippen molar-refractivity contribution in [2.24, 2.45) is 0 Å². The summed E-state index contributed by atoms with van der Waals surface area (Å²) in [7, 11) is 1.66. The number of rotatable bonds is 7. The van der Waals surface area contributed by atoms with Gasteiger partial charge in [-0.1, -0.05) is 42.5 Å². The van der Waals surface area contributed by atoms with Crippen molar-refractivity contribution in [2.45, 2.75) is 44.3 Å². The van der Waals surface area contributed by atoms with E-state index < -0.39 is 0 Å². The summed E-state index contributed by atoms with van der Waals surface area (Å²) in [6, 6.07) is 18.3. The summed E-state index contributed by atoms with van der Waals surface area (Å²) in [4.78, 5) is 12.5. The van der Waals surface area contributed by atoms with Gasteiger partial charge in [0.25, 0.3) is 0 Å². The van der Waals surface area contributed by atoms with Gasteiger partial charge in [-0.2, -0.15) is 0 Å². The van der Waals surface area contributed by atoms with Crippen LogP contribution < -0.4 is 20.9 Å². The third-order valence-corrected chi connectivity index (χ3v) is 4.84. The minimum absolute atomic E-state index is 0.0501. The van der Waals surface area contributed by atoms with Crippen LogP contribution in [0.3, 0.4) is 0 Å². The standard InChI is InChI=1S/C21H27N3O2/c1-15(8-9-16-6-4-3-5-7-16)22-21(25)20-14-19(23-24-20)17-10-12-18(26-2)13-11-17/h3-7,10-13,15,19-20,23-24H,8-9,14H2,1-2H3,(H,22,25). The van der Waals surface area contributed by atoms with Crippen molar-refractivity contribution in [1.29, 1.82) is 0 Å². The highest BCUT2D eigenvalue weighted by Gasteiger charge is 2.30. The van der Waals surface area contributed by atoms with Crippen LogP contribution in [0.4, 0.5) is 0 Å². The van der Waals surface area contributed by atoms with Gasteiger partial charge in [-0.25, -0.2) is 10.9 Å². The smallest absolute Gasteiger partial charge is 0.238 e. The summed E-state index contributed by atoms with van der Waals surface area (Å²) in [6.45, 7) is 2.06. The normalized spacial score (nSPS) is 20.5. The van der Waals surface area contributed by atoms with Crippen LogP contribution in [0.5, 0.6) is 5.75 Å². The van der Waals surface area contributed by atoms with E-state index in [1.54, 1.807) is 7.11 Å². The van der Waals surface area contributed by atoms with Gasteiger partial charge in [-0.3, -0.25) is 4.79 Å². The molecule has 0 aliphatic carbocycles. The Morgan fingerprint density at radius 2 is 1.88 bits per heavy atom. The number of carbonyl (C=O) groups is 1. The zero-order valence-corrected chi connectivity index (χ0v) is 15.4. The predicted molar refractivity (Wildman–Crippen MR) is 103 cm³/mol. The summed E-state index contributed by atoms with van der Waals surface area (Å²) < 4.78 is 5.19. The number of carbonyl (C=O) groups excluding carboxylic acids is 1. The molecular formula is C21H27N3O2. The Morgan fingerprint density at radius 3 is 2.58 bits per heavy atom. The molecule has 3 atom stereocenters. The summed E-state index contributed by atoms with van der Waals surface area (Å²) in [5.41, 5.74) is 8.78. The Bertz CT molecular complexity index is 703. The van der Waals surface area contributed by atoms with Crippen molar-refractivity contribution >= 4 is 5.91 Å². The summed E-state index contributed by atoms with van der Waals surface area (Å²) >= 11 is 0. The fraction of sp³-hybridized carbons (Fsp3) is 0.381. The van der Waals surface area contributed by atoms with Gasteiger partial charge in [-0.15, -0.1) is 0 Å². The maximum atomic E-state index is 12.5. The van der Waals surface area contributed by atoms with Crippen molar-refractivity contribution in [1.82, 2.24) is 16.2 Å². The molecule has 1 heterocycles. The number of hydrazine groups is 1. The Morgan fingerprint density at radius 1 is 1.15 bits per heavy atom. The second-order valence-electron chi connectivity index (χ2n) is 6.84. The maximum Gasteiger partial charge on any atom is 0.238 e. The van der Waals surface area contributed by atoms with Crippen LogP contribution in [0, 0.1) is 0 Å². The summed E-state index contributed by atoms with van der Waals surface area (Å²) in [6.07, 6.45) is 2.62. The molecule has 3 unspecified atom stereocenters. The zero-order valence-electron chi connectivity index (χ0n) is 15.4. The maximum absolute atomic E-state index is 12.5. The van der Waals surface area contributed by atoms with Crippen LogP contribution in [0.2, 0.25) is 0 Å². The Hall–Kier alpha value is -2.37. The van der Waals surface area contributed by atoms with E-state index in [1.165, 1.54) is 5.56 Å². The molecule has 5 nitrogen and oxygen atoms in total. The first-order chi connectivity index (χ1) is 12.7. The zero-order chi connectivity index (χ0) is 18.4. The molecule has 1 fully saturated rings. The molecule has 26 heavy (non-hydrogen) atoms. The Labute approximate surface area is 155 Å². The molecule has 0 spiro atoms. The number of methoxy groups -OCH3 is 1. The van der Waals surface area contributed by atoms with Crippen molar-refractivity contribution in [3.63, 3.8) is 0 Å². The number of benzene rings is 2. The van der Waals surface area contributed by atoms with E-state index in [4.69, 9.17) is 4.74 Å². The molecule has 0 saturated carbocycles. The first-order valence-corrected chi connectivity index (χ1v) is 9.15. The third kappa shape index (κ3) is 4.84. The van der Waals surface area contributed by atoms with E-state index >= 15 is 0 Å². The van der Waals surface area contributed by atoms with Gasteiger partial charge < -0.3 is 10.1 Å². The molecule has 138 valence electrons. The molecule has 3 N–H and O–H groups in total. The van der Waals surface area contributed by atoms with Gasteiger partial charge in [0.15, 0.2) is 0 Å². The van der Waals surface area contributed by atoms with Gasteiger partial charge in [-0.05, 0) is 49.4 Å². The van der Waals surface area contributed by atoms with Crippen LogP contribution in [0.1, 0.15) is 36.9 Å². The van der Waals surface area contributed by atoms with E-state index in [9.17, 15) is 4.79 Å². The molecule has 1 saturated heterocycles. The average Bonchev–Trinajstić information content (AvgIpc) is 3.18. The molecule has 2 aromatic rings. The minimum Gasteiger partial charge on any atom is -0.497 e. The van der Waals surface area contributed by atoms with Crippen molar-refractivity contribution < 1.29 is 9.53 Å². The monoisotopic (exact) mass is 353 g/mol. The highest BCUT2D eigenvalue weighted by Crippen LogP contribution is 2.24. The second kappa shape index (κ2) is 8.83. The van der Waals surface area contributed by atoms with Crippen molar-refractivity contribution in [3.8, 4) is 5.75 Å². The van der Waals surface area contributed by atoms with E-state index in [-0.39, 0.29) is 24.0 Å². The van der Waals surface area contributed by atoms with Crippen LogP contribution in [0.25, 0.3) is 0 Å². The van der Waals surface area contributed by atoms with Crippen LogP contribution in [-0.2, 0) is 11.2 Å². The number of amides is 1. The Balaban J connectivity index is 1.46. The van der Waals surface area contributed by atoms with E-state index in [0.29, 0.717) is 0 Å². The average molecular weight is 353 g/mol. The molecule has 2 aromatic carbocycles.